The van der Waals surface area contributed by atoms with Gasteiger partial charge in [0.15, 0.2) is 6.29 Å². The van der Waals surface area contributed by atoms with Gasteiger partial charge in [-0.15, -0.1) is 0 Å². The molecule has 3 aromatic rings. The number of aliphatic carboxylic acids is 1. The number of rotatable bonds is 12. The summed E-state index contributed by atoms with van der Waals surface area (Å²) in [5.74, 6) is -1.06. The number of nitrogens with one attached hydrogen (secondary N) is 1. The number of carboxylic acid groups (broad SMARTS) is 1. The third kappa shape index (κ3) is 8.72. The highest BCUT2D eigenvalue weighted by atomic mass is 16.7. The number of ether oxygens (including phenoxy) is 2. The summed E-state index contributed by atoms with van der Waals surface area (Å²) in [7, 11) is 0. The lowest BCUT2D eigenvalue weighted by Gasteiger charge is -2.37. The topological polar surface area (TPSA) is 129 Å². The highest BCUT2D eigenvalue weighted by molar-refractivity contribution is 5.76. The van der Waals surface area contributed by atoms with Crippen LogP contribution < -0.4 is 5.32 Å². The average molecular weight is 589 g/mol. The van der Waals surface area contributed by atoms with Crippen LogP contribution in [-0.4, -0.2) is 63.9 Å². The summed E-state index contributed by atoms with van der Waals surface area (Å²) in [5.41, 5.74) is 5.80. The van der Waals surface area contributed by atoms with E-state index in [1.165, 1.54) is 0 Å². The molecule has 0 aromatic heterocycles. The molecule has 0 aliphatic carbocycles. The number of amides is 1. The molecule has 1 amide bonds. The summed E-state index contributed by atoms with van der Waals surface area (Å²) in [4.78, 5) is 25.0. The summed E-state index contributed by atoms with van der Waals surface area (Å²) in [5, 5.41) is 31.1. The largest absolute Gasteiger partial charge is 0.481 e. The number of aliphatic hydroxyl groups is 2. The van der Waals surface area contributed by atoms with Crippen molar-refractivity contribution in [2.24, 2.45) is 0 Å². The third-order valence-electron chi connectivity index (χ3n) is 8.05. The van der Waals surface area contributed by atoms with E-state index in [1.54, 1.807) is 0 Å². The van der Waals surface area contributed by atoms with E-state index >= 15 is 0 Å². The van der Waals surface area contributed by atoms with Crippen molar-refractivity contribution in [1.82, 2.24) is 10.2 Å². The van der Waals surface area contributed by atoms with E-state index in [9.17, 15) is 19.8 Å². The van der Waals surface area contributed by atoms with E-state index in [2.05, 4.69) is 10.2 Å². The van der Waals surface area contributed by atoms with E-state index in [0.29, 0.717) is 25.9 Å². The number of hydrogen-bond donors (Lipinski definition) is 4. The Labute approximate surface area is 252 Å². The molecular weight excluding hydrogens is 548 g/mol. The highest BCUT2D eigenvalue weighted by Gasteiger charge is 2.34. The normalized spacial score (nSPS) is 22.4. The fourth-order valence-corrected chi connectivity index (χ4v) is 5.68. The zero-order valence-corrected chi connectivity index (χ0v) is 24.2. The SMILES string of the molecule is O=C(O)CCCC(=O)NCc1cccc(-c2ccc([C@H]3O[C@@H](CN4CC[C@H](O)C4)C[C@@H](c4ccc(CO)cc4)O3)cc2)c1. The summed E-state index contributed by atoms with van der Waals surface area (Å²) >= 11 is 0. The molecule has 0 bridgehead atoms. The fraction of sp³-hybridized carbons (Fsp3) is 0.412. The van der Waals surface area contributed by atoms with Crippen LogP contribution in [0.25, 0.3) is 11.1 Å². The van der Waals surface area contributed by atoms with E-state index in [4.69, 9.17) is 14.6 Å². The number of hydrogen-bond acceptors (Lipinski definition) is 7. The maximum atomic E-state index is 12.1. The van der Waals surface area contributed by atoms with Crippen LogP contribution in [0, 0.1) is 0 Å². The molecule has 4 atom stereocenters. The minimum absolute atomic E-state index is 0.00403. The van der Waals surface area contributed by atoms with Gasteiger partial charge in [-0.1, -0.05) is 66.7 Å². The Morgan fingerprint density at radius 3 is 2.37 bits per heavy atom. The van der Waals surface area contributed by atoms with Gasteiger partial charge in [-0.05, 0) is 46.7 Å². The van der Waals surface area contributed by atoms with Crippen LogP contribution in [0.3, 0.4) is 0 Å². The maximum Gasteiger partial charge on any atom is 0.303 e. The smallest absolute Gasteiger partial charge is 0.303 e. The van der Waals surface area contributed by atoms with Gasteiger partial charge in [0, 0.05) is 51.0 Å². The van der Waals surface area contributed by atoms with Crippen LogP contribution in [0.15, 0.2) is 72.8 Å². The predicted octanol–water partition coefficient (Wildman–Crippen LogP) is 4.33. The van der Waals surface area contributed by atoms with Gasteiger partial charge < -0.3 is 30.1 Å². The lowest BCUT2D eigenvalue weighted by molar-refractivity contribution is -0.252. The average Bonchev–Trinajstić information content (AvgIpc) is 3.44. The quantitative estimate of drug-likeness (QED) is 0.246. The fourth-order valence-electron chi connectivity index (χ4n) is 5.68. The van der Waals surface area contributed by atoms with Gasteiger partial charge >= 0.3 is 5.97 Å². The molecule has 228 valence electrons. The molecule has 2 aliphatic rings. The molecular formula is C34H40N2O7. The predicted molar refractivity (Wildman–Crippen MR) is 161 cm³/mol. The Bertz CT molecular complexity index is 1360. The molecule has 4 N–H and O–H groups in total. The number of nitrogens with zero attached hydrogens (tertiary/aromatic N) is 1. The van der Waals surface area contributed by atoms with Crippen molar-refractivity contribution >= 4 is 11.9 Å². The van der Waals surface area contributed by atoms with Crippen LogP contribution in [-0.2, 0) is 32.2 Å². The van der Waals surface area contributed by atoms with Crippen molar-refractivity contribution in [3.05, 3.63) is 95.1 Å². The van der Waals surface area contributed by atoms with Gasteiger partial charge in [0.25, 0.3) is 0 Å². The first-order chi connectivity index (χ1) is 20.9. The maximum absolute atomic E-state index is 12.1. The first kappa shape index (κ1) is 30.8. The standard InChI is InChI=1S/C34H40N2O7/c37-22-23-7-9-26(10-8-23)31-18-30(21-36-16-15-29(38)20-36)42-34(43-31)27-13-11-25(12-14-27)28-4-1-3-24(17-28)19-35-32(39)5-2-6-33(40)41/h1,3-4,7-14,17,29-31,34,37-38H,2,5-6,15-16,18-22H2,(H,35,39)(H,40,41)/t29-,30+,31-,34-/m0/s1. The number of carbonyl (C=O) groups is 2. The molecule has 2 heterocycles. The minimum atomic E-state index is -0.899. The van der Waals surface area contributed by atoms with Gasteiger partial charge in [-0.2, -0.15) is 0 Å². The zero-order chi connectivity index (χ0) is 30.2. The van der Waals surface area contributed by atoms with Crippen molar-refractivity contribution < 1.29 is 34.4 Å². The van der Waals surface area contributed by atoms with Crippen molar-refractivity contribution in [3.63, 3.8) is 0 Å². The molecule has 0 saturated carbocycles. The summed E-state index contributed by atoms with van der Waals surface area (Å²) in [6.07, 6.45) is 0.895. The molecule has 0 spiro atoms. The van der Waals surface area contributed by atoms with Gasteiger partial charge in [-0.3, -0.25) is 14.5 Å². The molecule has 43 heavy (non-hydrogen) atoms. The zero-order valence-electron chi connectivity index (χ0n) is 24.2. The number of carboxylic acids is 1. The van der Waals surface area contributed by atoms with Crippen molar-refractivity contribution in [2.45, 2.75) is 69.9 Å². The molecule has 2 aliphatic heterocycles. The molecule has 0 unspecified atom stereocenters. The Kier molecular flexibility index (Phi) is 10.6. The van der Waals surface area contributed by atoms with Crippen LogP contribution in [0.2, 0.25) is 0 Å². The number of likely N-dealkylation sites (tertiary alicyclic amines) is 1. The molecule has 5 rings (SSSR count). The van der Waals surface area contributed by atoms with E-state index in [0.717, 1.165) is 52.9 Å². The van der Waals surface area contributed by atoms with Crippen molar-refractivity contribution in [3.8, 4) is 11.1 Å². The number of β-amino-alcohol motifs (C(OH)–C–C–N with tert-alkyl or cyclic N) is 1. The van der Waals surface area contributed by atoms with Crippen molar-refractivity contribution in [2.75, 3.05) is 19.6 Å². The molecule has 9 heteroatoms. The molecule has 9 nitrogen and oxygen atoms in total. The van der Waals surface area contributed by atoms with Crippen molar-refractivity contribution in [1.29, 1.82) is 0 Å². The van der Waals surface area contributed by atoms with Crippen LogP contribution in [0.1, 0.15) is 66.8 Å². The summed E-state index contributed by atoms with van der Waals surface area (Å²) in [6, 6.07) is 23.9. The second-order valence-electron chi connectivity index (χ2n) is 11.4. The minimum Gasteiger partial charge on any atom is -0.481 e. The lowest BCUT2D eigenvalue weighted by atomic mass is 9.99. The van der Waals surface area contributed by atoms with Gasteiger partial charge in [0.1, 0.15) is 0 Å². The molecule has 2 fully saturated rings. The Hall–Kier alpha value is -3.60. The lowest BCUT2D eigenvalue weighted by Crippen LogP contribution is -2.38. The van der Waals surface area contributed by atoms with Gasteiger partial charge in [0.05, 0.1) is 24.9 Å². The van der Waals surface area contributed by atoms with Crippen LogP contribution in [0.5, 0.6) is 0 Å². The summed E-state index contributed by atoms with van der Waals surface area (Å²) in [6.45, 7) is 2.60. The van der Waals surface area contributed by atoms with E-state index in [-0.39, 0.29) is 43.7 Å². The second kappa shape index (κ2) is 14.7. The first-order valence-corrected chi connectivity index (χ1v) is 14.9. The second-order valence-corrected chi connectivity index (χ2v) is 11.4. The Morgan fingerprint density at radius 2 is 1.67 bits per heavy atom. The monoisotopic (exact) mass is 588 g/mol. The summed E-state index contributed by atoms with van der Waals surface area (Å²) < 4.78 is 13.0. The van der Waals surface area contributed by atoms with Gasteiger partial charge in [0.2, 0.25) is 5.91 Å². The number of benzene rings is 3. The number of aliphatic hydroxyl groups excluding tert-OH is 2. The van der Waals surface area contributed by atoms with Crippen LogP contribution in [0.4, 0.5) is 0 Å². The molecule has 0 radical (unpaired) electrons. The molecule has 2 saturated heterocycles. The van der Waals surface area contributed by atoms with Gasteiger partial charge in [-0.25, -0.2) is 0 Å². The van der Waals surface area contributed by atoms with E-state index in [1.807, 2.05) is 72.8 Å². The van der Waals surface area contributed by atoms with Crippen LogP contribution >= 0.6 is 0 Å². The Balaban J connectivity index is 1.25. The Morgan fingerprint density at radius 1 is 0.907 bits per heavy atom. The highest BCUT2D eigenvalue weighted by Crippen LogP contribution is 2.39. The third-order valence-corrected chi connectivity index (χ3v) is 8.05. The number of carbonyl (C=O) groups excluding carboxylic acids is 1. The molecule has 3 aromatic carbocycles. The first-order valence-electron chi connectivity index (χ1n) is 14.9. The van der Waals surface area contributed by atoms with E-state index < -0.39 is 12.3 Å².